The monoisotopic (exact) mass is 335 g/mol. The van der Waals surface area contributed by atoms with Crippen LogP contribution in [-0.4, -0.2) is 28.3 Å². The minimum atomic E-state index is -0.215. The molecule has 0 saturated carbocycles. The fraction of sp³-hybridized carbons (Fsp3) is 0.333. The first-order chi connectivity index (χ1) is 12.3. The smallest absolute Gasteiger partial charge is 0.256 e. The van der Waals surface area contributed by atoms with Crippen molar-refractivity contribution in [3.63, 3.8) is 0 Å². The van der Waals surface area contributed by atoms with Gasteiger partial charge in [0.25, 0.3) is 5.89 Å². The first-order valence-corrected chi connectivity index (χ1v) is 8.20. The molecule has 0 amide bonds. The van der Waals surface area contributed by atoms with Gasteiger partial charge in [-0.25, -0.2) is 0 Å². The molecular formula is C18H17N5O2. The average molecular weight is 335 g/mol. The van der Waals surface area contributed by atoms with E-state index in [1.165, 1.54) is 0 Å². The number of pyridine rings is 1. The molecule has 1 aromatic carbocycles. The Morgan fingerprint density at radius 1 is 1.36 bits per heavy atom. The molecule has 2 atom stereocenters. The summed E-state index contributed by atoms with van der Waals surface area (Å²) < 4.78 is 11.1. The van der Waals surface area contributed by atoms with Crippen molar-refractivity contribution in [3.8, 4) is 6.07 Å². The topological polar surface area (TPSA) is 96.9 Å². The minimum Gasteiger partial charge on any atom is -0.383 e. The van der Waals surface area contributed by atoms with Crippen LogP contribution in [-0.2, 0) is 4.74 Å². The lowest BCUT2D eigenvalue weighted by molar-refractivity contribution is 0.0650. The van der Waals surface area contributed by atoms with E-state index < -0.39 is 0 Å². The molecule has 1 N–H and O–H groups in total. The zero-order valence-corrected chi connectivity index (χ0v) is 13.8. The van der Waals surface area contributed by atoms with Gasteiger partial charge in [-0.2, -0.15) is 10.2 Å². The highest BCUT2D eigenvalue weighted by molar-refractivity contribution is 5.93. The fourth-order valence-electron chi connectivity index (χ4n) is 3.19. The number of ether oxygens (including phenoxy) is 1. The summed E-state index contributed by atoms with van der Waals surface area (Å²) in [6.45, 7) is 3.09. The van der Waals surface area contributed by atoms with Crippen LogP contribution >= 0.6 is 0 Å². The van der Waals surface area contributed by atoms with Crippen LogP contribution in [0.25, 0.3) is 10.9 Å². The molecule has 1 saturated heterocycles. The van der Waals surface area contributed by atoms with E-state index in [2.05, 4.69) is 26.5 Å². The van der Waals surface area contributed by atoms with Gasteiger partial charge in [-0.1, -0.05) is 23.4 Å². The summed E-state index contributed by atoms with van der Waals surface area (Å²) in [4.78, 5) is 8.63. The van der Waals surface area contributed by atoms with Crippen molar-refractivity contribution >= 4 is 16.6 Å². The molecule has 0 bridgehead atoms. The van der Waals surface area contributed by atoms with Gasteiger partial charge in [-0.05, 0) is 19.4 Å². The minimum absolute atomic E-state index is 0.193. The predicted molar refractivity (Wildman–Crippen MR) is 90.8 cm³/mol. The Balaban J connectivity index is 1.59. The lowest BCUT2D eigenvalue weighted by Crippen LogP contribution is -2.19. The van der Waals surface area contributed by atoms with E-state index in [-0.39, 0.29) is 12.0 Å². The highest BCUT2D eigenvalue weighted by Gasteiger charge is 2.34. The van der Waals surface area contributed by atoms with Crippen molar-refractivity contribution in [1.82, 2.24) is 15.1 Å². The van der Waals surface area contributed by atoms with Crippen LogP contribution < -0.4 is 5.32 Å². The number of nitrogens with one attached hydrogen (secondary N) is 1. The number of benzene rings is 1. The van der Waals surface area contributed by atoms with Crippen LogP contribution in [0.1, 0.15) is 29.8 Å². The fourth-order valence-corrected chi connectivity index (χ4v) is 3.19. The number of hydrogen-bond donors (Lipinski definition) is 1. The molecule has 3 aromatic rings. The van der Waals surface area contributed by atoms with Crippen molar-refractivity contribution in [3.05, 3.63) is 47.7 Å². The Morgan fingerprint density at radius 3 is 3.04 bits per heavy atom. The van der Waals surface area contributed by atoms with E-state index in [1.807, 2.05) is 24.3 Å². The number of hydrogen-bond acceptors (Lipinski definition) is 7. The summed E-state index contributed by atoms with van der Waals surface area (Å²) in [7, 11) is 0. The van der Waals surface area contributed by atoms with Crippen LogP contribution in [0.5, 0.6) is 0 Å². The number of aryl methyl sites for hydroxylation is 1. The van der Waals surface area contributed by atoms with Gasteiger partial charge >= 0.3 is 0 Å². The molecule has 0 aliphatic carbocycles. The van der Waals surface area contributed by atoms with E-state index in [9.17, 15) is 5.26 Å². The van der Waals surface area contributed by atoms with Crippen molar-refractivity contribution in [2.75, 3.05) is 18.5 Å². The van der Waals surface area contributed by atoms with Crippen LogP contribution in [0.2, 0.25) is 0 Å². The number of fused-ring (bicyclic) bond motifs is 1. The Morgan fingerprint density at radius 2 is 2.24 bits per heavy atom. The molecule has 25 heavy (non-hydrogen) atoms. The summed E-state index contributed by atoms with van der Waals surface area (Å²) >= 11 is 0. The molecule has 1 aliphatic rings. The third-order valence-electron chi connectivity index (χ3n) is 4.44. The Kier molecular flexibility index (Phi) is 4.04. The lowest BCUT2D eigenvalue weighted by atomic mass is 10.0. The largest absolute Gasteiger partial charge is 0.383 e. The Bertz CT molecular complexity index is 946. The van der Waals surface area contributed by atoms with Crippen molar-refractivity contribution < 1.29 is 9.26 Å². The second kappa shape index (κ2) is 6.49. The molecule has 2 aromatic heterocycles. The zero-order valence-electron chi connectivity index (χ0n) is 13.8. The van der Waals surface area contributed by atoms with Crippen molar-refractivity contribution in [2.24, 2.45) is 5.92 Å². The van der Waals surface area contributed by atoms with Gasteiger partial charge in [-0.3, -0.25) is 4.98 Å². The van der Waals surface area contributed by atoms with Gasteiger partial charge in [0.2, 0.25) is 0 Å². The van der Waals surface area contributed by atoms with Crippen LogP contribution in [0.4, 0.5) is 5.69 Å². The maximum atomic E-state index is 9.41. The molecule has 0 radical (unpaired) electrons. The number of nitrogens with zero attached hydrogens (tertiary/aromatic N) is 4. The van der Waals surface area contributed by atoms with E-state index in [1.54, 1.807) is 13.1 Å². The average Bonchev–Trinajstić information content (AvgIpc) is 3.28. The van der Waals surface area contributed by atoms with E-state index >= 15 is 0 Å². The molecular weight excluding hydrogens is 318 g/mol. The second-order valence-corrected chi connectivity index (χ2v) is 6.08. The second-order valence-electron chi connectivity index (χ2n) is 6.08. The van der Waals surface area contributed by atoms with E-state index in [0.717, 1.165) is 23.0 Å². The summed E-state index contributed by atoms with van der Waals surface area (Å²) in [6, 6.07) is 9.99. The summed E-state index contributed by atoms with van der Waals surface area (Å²) in [5, 5.41) is 17.6. The molecule has 1 fully saturated rings. The highest BCUT2D eigenvalue weighted by Crippen LogP contribution is 2.34. The molecule has 126 valence electrons. The maximum Gasteiger partial charge on any atom is 0.256 e. The Labute approximate surface area is 144 Å². The van der Waals surface area contributed by atoms with Crippen LogP contribution in [0.3, 0.4) is 0 Å². The van der Waals surface area contributed by atoms with Crippen molar-refractivity contribution in [2.45, 2.75) is 19.4 Å². The zero-order chi connectivity index (χ0) is 17.2. The molecule has 1 aliphatic heterocycles. The maximum absolute atomic E-state index is 9.41. The first kappa shape index (κ1) is 15.5. The Hall–Kier alpha value is -2.98. The van der Waals surface area contributed by atoms with Gasteiger partial charge < -0.3 is 14.6 Å². The van der Waals surface area contributed by atoms with Gasteiger partial charge in [-0.15, -0.1) is 0 Å². The molecule has 4 rings (SSSR count). The molecule has 0 unspecified atom stereocenters. The quantitative estimate of drug-likeness (QED) is 0.782. The van der Waals surface area contributed by atoms with Crippen molar-refractivity contribution in [1.29, 1.82) is 5.26 Å². The first-order valence-electron chi connectivity index (χ1n) is 8.20. The number of rotatable bonds is 4. The third kappa shape index (κ3) is 2.92. The van der Waals surface area contributed by atoms with Gasteiger partial charge in [0.1, 0.15) is 12.2 Å². The number of nitriles is 1. The van der Waals surface area contributed by atoms with Gasteiger partial charge in [0.15, 0.2) is 5.82 Å². The number of anilines is 1. The standard InChI is InChI=1S/C18H17N5O2/c1-11-22-18(25-23-11)17-12(6-7-24-17)9-21-16-13(8-19)10-20-15-5-3-2-4-14(15)16/h2-5,10,12,17H,6-7,9H2,1H3,(H,20,21)/t12-,17-/m0/s1. The molecule has 7 nitrogen and oxygen atoms in total. The predicted octanol–water partition coefficient (Wildman–Crippen LogP) is 2.99. The third-order valence-corrected chi connectivity index (χ3v) is 4.44. The van der Waals surface area contributed by atoms with Gasteiger partial charge in [0.05, 0.1) is 16.8 Å². The SMILES string of the molecule is Cc1noc([C@H]2OCC[C@H]2CNc2c(C#N)cnc3ccccc23)n1. The van der Waals surface area contributed by atoms with Crippen LogP contribution in [0.15, 0.2) is 35.0 Å². The summed E-state index contributed by atoms with van der Waals surface area (Å²) in [5.74, 6) is 1.31. The van der Waals surface area contributed by atoms with E-state index in [0.29, 0.717) is 30.4 Å². The molecule has 7 heteroatoms. The number of aromatic nitrogens is 3. The van der Waals surface area contributed by atoms with Gasteiger partial charge in [0, 0.05) is 30.7 Å². The van der Waals surface area contributed by atoms with Crippen LogP contribution in [0, 0.1) is 24.2 Å². The normalized spacial score (nSPS) is 19.8. The summed E-state index contributed by atoms with van der Waals surface area (Å²) in [6.07, 6.45) is 2.28. The number of para-hydroxylation sites is 1. The highest BCUT2D eigenvalue weighted by atomic mass is 16.5. The summed E-state index contributed by atoms with van der Waals surface area (Å²) in [5.41, 5.74) is 2.19. The lowest BCUT2D eigenvalue weighted by Gasteiger charge is -2.18. The van der Waals surface area contributed by atoms with E-state index in [4.69, 9.17) is 9.26 Å². The molecule has 0 spiro atoms. The molecule has 3 heterocycles.